The van der Waals surface area contributed by atoms with Gasteiger partial charge >= 0.3 is 0 Å². The molecular formula is C15H17BrN2O. The van der Waals surface area contributed by atoms with Crippen molar-refractivity contribution in [2.24, 2.45) is 0 Å². The van der Waals surface area contributed by atoms with Gasteiger partial charge in [-0.05, 0) is 46.5 Å². The number of nitrogens with one attached hydrogen (secondary N) is 1. The van der Waals surface area contributed by atoms with Crippen LogP contribution >= 0.6 is 15.9 Å². The molecule has 2 aromatic rings. The van der Waals surface area contributed by atoms with Crippen LogP contribution in [0.5, 0.6) is 0 Å². The monoisotopic (exact) mass is 320 g/mol. The van der Waals surface area contributed by atoms with Crippen molar-refractivity contribution >= 4 is 21.7 Å². The molecule has 1 atom stereocenters. The molecule has 19 heavy (non-hydrogen) atoms. The summed E-state index contributed by atoms with van der Waals surface area (Å²) in [5.74, 6) is 0.764. The Morgan fingerprint density at radius 1 is 1.32 bits per heavy atom. The smallest absolute Gasteiger partial charge is 0.140 e. The largest absolute Gasteiger partial charge is 0.394 e. The highest BCUT2D eigenvalue weighted by Gasteiger charge is 2.11. The van der Waals surface area contributed by atoms with E-state index in [2.05, 4.69) is 38.4 Å². The zero-order valence-electron chi connectivity index (χ0n) is 10.8. The molecule has 0 fully saturated rings. The quantitative estimate of drug-likeness (QED) is 0.889. The summed E-state index contributed by atoms with van der Waals surface area (Å²) < 4.78 is 0.916. The van der Waals surface area contributed by atoms with Crippen LogP contribution in [0, 0.1) is 6.92 Å². The zero-order chi connectivity index (χ0) is 13.7. The molecule has 2 rings (SSSR count). The first-order valence-electron chi connectivity index (χ1n) is 6.22. The molecule has 0 amide bonds. The summed E-state index contributed by atoms with van der Waals surface area (Å²) in [5, 5.41) is 12.8. The fourth-order valence-corrected chi connectivity index (χ4v) is 2.47. The molecule has 0 bridgehead atoms. The van der Waals surface area contributed by atoms with E-state index in [1.54, 1.807) is 0 Å². The summed E-state index contributed by atoms with van der Waals surface area (Å²) in [6, 6.07) is 12.1. The maximum Gasteiger partial charge on any atom is 0.140 e. The van der Waals surface area contributed by atoms with Crippen LogP contribution in [0.25, 0.3) is 0 Å². The molecule has 4 heteroatoms. The Hall–Kier alpha value is -1.39. The fourth-order valence-electron chi connectivity index (χ4n) is 1.89. The van der Waals surface area contributed by atoms with E-state index in [4.69, 9.17) is 0 Å². The zero-order valence-corrected chi connectivity index (χ0v) is 12.4. The number of aliphatic hydroxyl groups is 1. The Labute approximate surface area is 121 Å². The third kappa shape index (κ3) is 4.04. The van der Waals surface area contributed by atoms with Crippen LogP contribution in [0.4, 0.5) is 5.82 Å². The van der Waals surface area contributed by atoms with Gasteiger partial charge in [0, 0.05) is 6.20 Å². The van der Waals surface area contributed by atoms with Crippen LogP contribution in [0.2, 0.25) is 0 Å². The summed E-state index contributed by atoms with van der Waals surface area (Å²) in [6.07, 6.45) is 2.57. The van der Waals surface area contributed by atoms with E-state index in [-0.39, 0.29) is 12.6 Å². The maximum atomic E-state index is 9.49. The van der Waals surface area contributed by atoms with Crippen LogP contribution in [-0.2, 0) is 6.42 Å². The van der Waals surface area contributed by atoms with Gasteiger partial charge in [-0.25, -0.2) is 4.98 Å². The number of benzene rings is 1. The summed E-state index contributed by atoms with van der Waals surface area (Å²) in [5.41, 5.74) is 2.29. The van der Waals surface area contributed by atoms with Gasteiger partial charge in [-0.15, -0.1) is 0 Å². The minimum absolute atomic E-state index is 0.0473. The van der Waals surface area contributed by atoms with Gasteiger partial charge in [-0.3, -0.25) is 0 Å². The van der Waals surface area contributed by atoms with Crippen molar-refractivity contribution in [3.05, 3.63) is 58.2 Å². The van der Waals surface area contributed by atoms with Crippen molar-refractivity contribution in [3.63, 3.8) is 0 Å². The van der Waals surface area contributed by atoms with Crippen molar-refractivity contribution in [3.8, 4) is 0 Å². The Bertz CT molecular complexity index is 531. The number of aryl methyl sites for hydroxylation is 1. The lowest BCUT2D eigenvalue weighted by molar-refractivity contribution is 0.273. The normalized spacial score (nSPS) is 12.2. The number of halogens is 1. The minimum atomic E-state index is -0.0473. The second-order valence-corrected chi connectivity index (χ2v) is 5.41. The number of rotatable bonds is 5. The number of hydrogen-bond acceptors (Lipinski definition) is 3. The van der Waals surface area contributed by atoms with Gasteiger partial charge in [-0.2, -0.15) is 0 Å². The van der Waals surface area contributed by atoms with E-state index >= 15 is 0 Å². The Balaban J connectivity index is 2.06. The molecule has 1 unspecified atom stereocenters. The van der Waals surface area contributed by atoms with Gasteiger partial charge in [0.25, 0.3) is 0 Å². The summed E-state index contributed by atoms with van der Waals surface area (Å²) in [6.45, 7) is 2.06. The first-order chi connectivity index (χ1) is 9.19. The van der Waals surface area contributed by atoms with Crippen molar-refractivity contribution < 1.29 is 5.11 Å². The molecule has 3 nitrogen and oxygen atoms in total. The Morgan fingerprint density at radius 2 is 2.05 bits per heavy atom. The standard InChI is InChI=1S/C15H17BrN2O/c1-11-7-14(16)15(17-9-11)18-13(10-19)8-12-5-3-2-4-6-12/h2-7,9,13,19H,8,10H2,1H3,(H,17,18). The lowest BCUT2D eigenvalue weighted by atomic mass is 10.1. The minimum Gasteiger partial charge on any atom is -0.394 e. The predicted octanol–water partition coefficient (Wildman–Crippen LogP) is 3.17. The Kier molecular flexibility index (Phi) is 4.93. The van der Waals surface area contributed by atoms with Crippen LogP contribution in [0.1, 0.15) is 11.1 Å². The molecule has 0 saturated carbocycles. The van der Waals surface area contributed by atoms with E-state index in [1.165, 1.54) is 5.56 Å². The molecule has 1 aromatic heterocycles. The van der Waals surface area contributed by atoms with Crippen molar-refractivity contribution in [2.45, 2.75) is 19.4 Å². The highest BCUT2D eigenvalue weighted by atomic mass is 79.9. The number of anilines is 1. The van der Waals surface area contributed by atoms with Gasteiger partial charge in [0.15, 0.2) is 0 Å². The highest BCUT2D eigenvalue weighted by molar-refractivity contribution is 9.10. The summed E-state index contributed by atoms with van der Waals surface area (Å²) >= 11 is 3.48. The molecule has 0 saturated heterocycles. The molecule has 0 spiro atoms. The van der Waals surface area contributed by atoms with Crippen LogP contribution in [0.3, 0.4) is 0 Å². The molecule has 2 N–H and O–H groups in total. The Morgan fingerprint density at radius 3 is 2.68 bits per heavy atom. The fraction of sp³-hybridized carbons (Fsp3) is 0.267. The second kappa shape index (κ2) is 6.68. The van der Waals surface area contributed by atoms with Gasteiger partial charge in [-0.1, -0.05) is 30.3 Å². The van der Waals surface area contributed by atoms with Gasteiger partial charge in [0.2, 0.25) is 0 Å². The lowest BCUT2D eigenvalue weighted by Gasteiger charge is -2.18. The van der Waals surface area contributed by atoms with Gasteiger partial charge in [0.05, 0.1) is 17.1 Å². The molecule has 100 valence electrons. The number of aromatic nitrogens is 1. The molecule has 0 aliphatic carbocycles. The molecular weight excluding hydrogens is 304 g/mol. The van der Waals surface area contributed by atoms with Gasteiger partial charge < -0.3 is 10.4 Å². The predicted molar refractivity (Wildman–Crippen MR) is 81.3 cm³/mol. The molecule has 0 aliphatic rings. The SMILES string of the molecule is Cc1cnc(NC(CO)Cc2ccccc2)c(Br)c1. The number of pyridine rings is 1. The van der Waals surface area contributed by atoms with Crippen LogP contribution in [0.15, 0.2) is 47.1 Å². The number of hydrogen-bond donors (Lipinski definition) is 2. The van der Waals surface area contributed by atoms with Crippen molar-refractivity contribution in [1.82, 2.24) is 4.98 Å². The molecule has 1 aromatic carbocycles. The third-order valence-corrected chi connectivity index (χ3v) is 3.47. The van der Waals surface area contributed by atoms with Crippen LogP contribution in [-0.4, -0.2) is 22.7 Å². The highest BCUT2D eigenvalue weighted by Crippen LogP contribution is 2.21. The van der Waals surface area contributed by atoms with E-state index in [0.717, 1.165) is 22.3 Å². The second-order valence-electron chi connectivity index (χ2n) is 4.56. The van der Waals surface area contributed by atoms with E-state index in [1.807, 2.05) is 37.4 Å². The van der Waals surface area contributed by atoms with Crippen molar-refractivity contribution in [2.75, 3.05) is 11.9 Å². The maximum absolute atomic E-state index is 9.49. The van der Waals surface area contributed by atoms with E-state index in [0.29, 0.717) is 0 Å². The van der Waals surface area contributed by atoms with Crippen molar-refractivity contribution in [1.29, 1.82) is 0 Å². The third-order valence-electron chi connectivity index (χ3n) is 2.86. The van der Waals surface area contributed by atoms with Crippen LogP contribution < -0.4 is 5.32 Å². The lowest BCUT2D eigenvalue weighted by Crippen LogP contribution is -2.27. The summed E-state index contributed by atoms with van der Waals surface area (Å²) in [4.78, 5) is 4.34. The number of nitrogens with zero attached hydrogens (tertiary/aromatic N) is 1. The first kappa shape index (κ1) is 14.0. The number of aliphatic hydroxyl groups excluding tert-OH is 1. The average molecular weight is 321 g/mol. The van der Waals surface area contributed by atoms with E-state index < -0.39 is 0 Å². The first-order valence-corrected chi connectivity index (χ1v) is 7.02. The van der Waals surface area contributed by atoms with E-state index in [9.17, 15) is 5.11 Å². The molecule has 1 heterocycles. The topological polar surface area (TPSA) is 45.2 Å². The average Bonchev–Trinajstić information content (AvgIpc) is 2.42. The summed E-state index contributed by atoms with van der Waals surface area (Å²) in [7, 11) is 0. The molecule has 0 radical (unpaired) electrons. The van der Waals surface area contributed by atoms with Gasteiger partial charge in [0.1, 0.15) is 5.82 Å². The molecule has 0 aliphatic heterocycles.